The van der Waals surface area contributed by atoms with Gasteiger partial charge in [-0.3, -0.25) is 0 Å². The Bertz CT molecular complexity index is 3160. The summed E-state index contributed by atoms with van der Waals surface area (Å²) in [5.41, 5.74) is 14.5. The van der Waals surface area contributed by atoms with Crippen LogP contribution in [0.25, 0.3) is 44.5 Å². The number of hydrogen-bond acceptors (Lipinski definition) is 1. The second-order valence-electron chi connectivity index (χ2n) is 16.2. The number of benzene rings is 8. The molecule has 1 heteroatoms. The summed E-state index contributed by atoms with van der Waals surface area (Å²) in [6, 6.07) is 62.3. The highest BCUT2D eigenvalue weighted by Crippen LogP contribution is 2.63. The van der Waals surface area contributed by atoms with Crippen molar-refractivity contribution in [3.05, 3.63) is 221 Å². The van der Waals surface area contributed by atoms with Gasteiger partial charge in [0.2, 0.25) is 0 Å². The van der Waals surface area contributed by atoms with E-state index in [9.17, 15) is 0 Å². The summed E-state index contributed by atoms with van der Waals surface area (Å²) < 4.78 is 74.9. The van der Waals surface area contributed by atoms with Crippen LogP contribution in [0.5, 0.6) is 0 Å². The third-order valence-electron chi connectivity index (χ3n) is 12.8. The van der Waals surface area contributed by atoms with E-state index in [4.69, 9.17) is 12.3 Å². The van der Waals surface area contributed by atoms with Crippen LogP contribution in [0.4, 0.5) is 17.1 Å². The molecule has 0 aromatic heterocycles. The molecule has 0 saturated carbocycles. The van der Waals surface area contributed by atoms with E-state index in [0.717, 1.165) is 17.1 Å². The van der Waals surface area contributed by atoms with Gasteiger partial charge in [0.15, 0.2) is 0 Å². The molecule has 0 aliphatic heterocycles. The van der Waals surface area contributed by atoms with E-state index in [2.05, 4.69) is 152 Å². The van der Waals surface area contributed by atoms with Crippen LogP contribution in [-0.4, -0.2) is 0 Å². The fourth-order valence-electron chi connectivity index (χ4n) is 10.2. The quantitative estimate of drug-likeness (QED) is 0.174. The topological polar surface area (TPSA) is 3.24 Å². The maximum atomic E-state index is 8.32. The lowest BCUT2D eigenvalue weighted by Crippen LogP contribution is -2.26. The summed E-state index contributed by atoms with van der Waals surface area (Å²) in [4.78, 5) is 2.28. The van der Waals surface area contributed by atoms with Gasteiger partial charge in [0.1, 0.15) is 0 Å². The van der Waals surface area contributed by atoms with Crippen LogP contribution in [0.2, 0.25) is 0 Å². The van der Waals surface area contributed by atoms with Gasteiger partial charge in [-0.2, -0.15) is 0 Å². The average molecular weight is 741 g/mol. The van der Waals surface area contributed by atoms with Crippen LogP contribution in [-0.2, 0) is 16.2 Å². The zero-order valence-corrected chi connectivity index (χ0v) is 31.8. The Labute approximate surface area is 349 Å². The number of hydrogen-bond donors (Lipinski definition) is 0. The van der Waals surface area contributed by atoms with Crippen molar-refractivity contribution >= 4 is 17.1 Å². The molecule has 0 fully saturated rings. The SMILES string of the molecule is [2H]C([2H])([2H])C(c1cccc(-c2ccc(N(c3ccc4c(c3)C(C)(C)c3ccccc3-4)c3ccc4c(c3)C3(c5ccccc5-c5ccccc53)c3ccccc3-4)cc2)c1)(C([2H])([2H])[2H])C([2H])([2H])[2H]. The molecule has 3 aliphatic carbocycles. The Morgan fingerprint density at radius 3 is 1.40 bits per heavy atom. The lowest BCUT2D eigenvalue weighted by Gasteiger charge is -2.32. The fourth-order valence-corrected chi connectivity index (χ4v) is 10.2. The first-order chi connectivity index (χ1) is 31.4. The summed E-state index contributed by atoms with van der Waals surface area (Å²) in [5, 5.41) is 0. The summed E-state index contributed by atoms with van der Waals surface area (Å²) in [5.74, 6) is 0. The Hall–Kier alpha value is -6.44. The predicted molar refractivity (Wildman–Crippen MR) is 239 cm³/mol. The van der Waals surface area contributed by atoms with Crippen molar-refractivity contribution < 1.29 is 12.3 Å². The lowest BCUT2D eigenvalue weighted by atomic mass is 9.70. The highest BCUT2D eigenvalue weighted by Gasteiger charge is 2.51. The predicted octanol–water partition coefficient (Wildman–Crippen LogP) is 14.8. The molecule has 57 heavy (non-hydrogen) atoms. The number of rotatable bonds is 4. The van der Waals surface area contributed by atoms with Gasteiger partial charge < -0.3 is 4.90 Å². The summed E-state index contributed by atoms with van der Waals surface area (Å²) in [7, 11) is 0. The highest BCUT2D eigenvalue weighted by molar-refractivity contribution is 5.96. The van der Waals surface area contributed by atoms with Gasteiger partial charge in [-0.1, -0.05) is 180 Å². The van der Waals surface area contributed by atoms with Crippen molar-refractivity contribution in [1.29, 1.82) is 0 Å². The van der Waals surface area contributed by atoms with Gasteiger partial charge in [0, 0.05) is 34.8 Å². The van der Waals surface area contributed by atoms with Gasteiger partial charge in [-0.15, -0.1) is 0 Å². The Morgan fingerprint density at radius 2 is 0.842 bits per heavy atom. The molecular weight excluding hydrogens is 687 g/mol. The first-order valence-corrected chi connectivity index (χ1v) is 19.6. The van der Waals surface area contributed by atoms with Crippen molar-refractivity contribution in [3.63, 3.8) is 0 Å². The molecule has 0 radical (unpaired) electrons. The Morgan fingerprint density at radius 1 is 0.386 bits per heavy atom. The van der Waals surface area contributed by atoms with Crippen molar-refractivity contribution in [2.24, 2.45) is 0 Å². The van der Waals surface area contributed by atoms with Crippen LogP contribution < -0.4 is 4.90 Å². The van der Waals surface area contributed by atoms with Crippen LogP contribution >= 0.6 is 0 Å². The van der Waals surface area contributed by atoms with E-state index in [1.54, 1.807) is 6.07 Å². The molecule has 3 aliphatic rings. The molecule has 0 bridgehead atoms. The fraction of sp³-hybridized carbons (Fsp3) is 0.143. The molecule has 0 saturated heterocycles. The van der Waals surface area contributed by atoms with E-state index in [1.165, 1.54) is 85.0 Å². The standard InChI is InChI=1S/C56H45N/c1-54(2,3)38-16-14-15-37(33-38)36-25-27-39(28-26-36)57(40-29-31-46-42-17-6-10-21-48(42)55(4,5)52(46)34-40)41-30-32-47-45-20-9-13-24-51(45)56(53(47)35-41)49-22-11-7-18-43(49)44-19-8-12-23-50(44)56/h6-35H,1-5H3/i1D3,2D3,3D3. The number of fused-ring (bicyclic) bond motifs is 13. The van der Waals surface area contributed by atoms with E-state index in [-0.39, 0.29) is 11.0 Å². The van der Waals surface area contributed by atoms with E-state index in [0.29, 0.717) is 11.1 Å². The molecule has 8 aromatic carbocycles. The van der Waals surface area contributed by atoms with Crippen LogP contribution in [0.3, 0.4) is 0 Å². The minimum Gasteiger partial charge on any atom is -0.310 e. The zero-order chi connectivity index (χ0) is 46.2. The van der Waals surface area contributed by atoms with E-state index in [1.807, 2.05) is 24.3 Å². The number of anilines is 3. The molecule has 1 nitrogen and oxygen atoms in total. The summed E-state index contributed by atoms with van der Waals surface area (Å²) in [6.07, 6.45) is 0. The Kier molecular flexibility index (Phi) is 5.42. The third-order valence-corrected chi connectivity index (χ3v) is 12.8. The third kappa shape index (κ3) is 4.75. The first-order valence-electron chi connectivity index (χ1n) is 24.1. The molecule has 1 spiro atoms. The minimum absolute atomic E-state index is 0.253. The summed E-state index contributed by atoms with van der Waals surface area (Å²) >= 11 is 0. The average Bonchev–Trinajstić information content (AvgIpc) is 3.84. The van der Waals surface area contributed by atoms with Gasteiger partial charge in [0.25, 0.3) is 0 Å². The second kappa shape index (κ2) is 12.0. The largest absolute Gasteiger partial charge is 0.310 e. The molecule has 0 amide bonds. The van der Waals surface area contributed by atoms with Gasteiger partial charge in [0.05, 0.1) is 5.41 Å². The Balaban J connectivity index is 1.10. The van der Waals surface area contributed by atoms with Crippen molar-refractivity contribution in [1.82, 2.24) is 0 Å². The van der Waals surface area contributed by atoms with E-state index < -0.39 is 31.4 Å². The monoisotopic (exact) mass is 740 g/mol. The van der Waals surface area contributed by atoms with Crippen LogP contribution in [0.1, 0.15) is 85.7 Å². The second-order valence-corrected chi connectivity index (χ2v) is 16.2. The highest BCUT2D eigenvalue weighted by atomic mass is 15.1. The maximum absolute atomic E-state index is 8.32. The summed E-state index contributed by atoms with van der Waals surface area (Å²) in [6.45, 7) is -5.54. The normalized spacial score (nSPS) is 17.7. The van der Waals surface area contributed by atoms with Crippen LogP contribution in [0.15, 0.2) is 182 Å². The minimum atomic E-state index is -3.36. The maximum Gasteiger partial charge on any atom is 0.0726 e. The number of nitrogens with zero attached hydrogens (tertiary/aromatic N) is 1. The van der Waals surface area contributed by atoms with Gasteiger partial charge >= 0.3 is 0 Å². The van der Waals surface area contributed by atoms with Crippen molar-refractivity contribution in [3.8, 4) is 44.5 Å². The zero-order valence-electron chi connectivity index (χ0n) is 40.8. The van der Waals surface area contributed by atoms with Gasteiger partial charge in [-0.05, 0) is 125 Å². The first kappa shape index (κ1) is 25.7. The van der Waals surface area contributed by atoms with Crippen molar-refractivity contribution in [2.75, 3.05) is 4.90 Å². The molecule has 0 atom stereocenters. The lowest BCUT2D eigenvalue weighted by molar-refractivity contribution is 0.590. The molecular formula is C56H45N. The van der Waals surface area contributed by atoms with Crippen molar-refractivity contribution in [2.45, 2.75) is 50.6 Å². The molecule has 0 heterocycles. The molecule has 0 N–H and O–H groups in total. The molecule has 8 aromatic rings. The molecule has 11 rings (SSSR count). The smallest absolute Gasteiger partial charge is 0.0726 e. The molecule has 0 unspecified atom stereocenters. The molecule has 274 valence electrons. The van der Waals surface area contributed by atoms with Gasteiger partial charge in [-0.25, -0.2) is 0 Å². The van der Waals surface area contributed by atoms with Crippen LogP contribution in [0, 0.1) is 0 Å². The van der Waals surface area contributed by atoms with E-state index >= 15 is 0 Å².